The zero-order valence-corrected chi connectivity index (χ0v) is 12.0. The first-order valence-corrected chi connectivity index (χ1v) is 6.84. The largest absolute Gasteiger partial charge is 0.446 e. The number of rotatable bonds is 2. The number of hydrogen-bond acceptors (Lipinski definition) is 2. The van der Waals surface area contributed by atoms with E-state index in [9.17, 15) is 26.3 Å². The molecular weight excluding hydrogens is 352 g/mol. The van der Waals surface area contributed by atoms with E-state index in [1.54, 1.807) is 0 Å². The van der Waals surface area contributed by atoms with Crippen LogP contribution in [0.2, 0.25) is 5.02 Å². The molecule has 0 saturated carbocycles. The molecule has 0 bridgehead atoms. The fourth-order valence-corrected chi connectivity index (χ4v) is 2.42. The van der Waals surface area contributed by atoms with E-state index >= 15 is 0 Å². The molecule has 1 aromatic heterocycles. The molecule has 1 aromatic carbocycles. The third kappa shape index (κ3) is 4.30. The highest BCUT2D eigenvalue weighted by molar-refractivity contribution is 8.00. The summed E-state index contributed by atoms with van der Waals surface area (Å²) in [4.78, 5) is 3.67. The van der Waals surface area contributed by atoms with Crippen LogP contribution in [0.15, 0.2) is 41.4 Å². The Hall–Kier alpha value is -1.41. The SMILES string of the molecule is FC(F)(F)Sc1ccc(-c2ccc(C(F)(F)F)cc2Cl)nc1. The average Bonchev–Trinajstić information content (AvgIpc) is 2.37. The van der Waals surface area contributed by atoms with E-state index in [4.69, 9.17) is 11.6 Å². The Balaban J connectivity index is 2.29. The number of hydrogen-bond donors (Lipinski definition) is 0. The lowest BCUT2D eigenvalue weighted by atomic mass is 10.1. The van der Waals surface area contributed by atoms with Crippen molar-refractivity contribution in [1.82, 2.24) is 4.98 Å². The fraction of sp³-hybridized carbons (Fsp3) is 0.154. The summed E-state index contributed by atoms with van der Waals surface area (Å²) in [7, 11) is 0. The van der Waals surface area contributed by atoms with Gasteiger partial charge in [0.25, 0.3) is 0 Å². The highest BCUT2D eigenvalue weighted by atomic mass is 35.5. The average molecular weight is 358 g/mol. The number of aromatic nitrogens is 1. The van der Waals surface area contributed by atoms with E-state index in [2.05, 4.69) is 4.98 Å². The van der Waals surface area contributed by atoms with Crippen molar-refractivity contribution in [3.63, 3.8) is 0 Å². The molecule has 0 amide bonds. The molecule has 22 heavy (non-hydrogen) atoms. The second-order valence-electron chi connectivity index (χ2n) is 4.12. The number of benzene rings is 1. The summed E-state index contributed by atoms with van der Waals surface area (Å²) in [5.41, 5.74) is -4.95. The predicted molar refractivity (Wildman–Crippen MR) is 71.6 cm³/mol. The Labute approximate surface area is 130 Å². The molecule has 118 valence electrons. The molecule has 9 heteroatoms. The lowest BCUT2D eigenvalue weighted by Crippen LogP contribution is -2.04. The minimum atomic E-state index is -4.52. The molecular formula is C13H6ClF6NS. The van der Waals surface area contributed by atoms with Gasteiger partial charge in [0, 0.05) is 16.7 Å². The molecule has 0 aliphatic carbocycles. The summed E-state index contributed by atoms with van der Waals surface area (Å²) in [5.74, 6) is 0. The second kappa shape index (κ2) is 6.00. The summed E-state index contributed by atoms with van der Waals surface area (Å²) in [6.07, 6.45) is -3.54. The first-order chi connectivity index (χ1) is 10.1. The van der Waals surface area contributed by atoms with Gasteiger partial charge in [-0.3, -0.25) is 4.98 Å². The van der Waals surface area contributed by atoms with Crippen LogP contribution in [0.1, 0.15) is 5.56 Å². The van der Waals surface area contributed by atoms with Crippen molar-refractivity contribution in [1.29, 1.82) is 0 Å². The maximum atomic E-state index is 12.5. The van der Waals surface area contributed by atoms with Crippen LogP contribution < -0.4 is 0 Å². The zero-order chi connectivity index (χ0) is 16.5. The smallest absolute Gasteiger partial charge is 0.255 e. The van der Waals surface area contributed by atoms with E-state index in [1.165, 1.54) is 12.1 Å². The number of halogens is 7. The van der Waals surface area contributed by atoms with Gasteiger partial charge < -0.3 is 0 Å². The molecule has 0 aliphatic rings. The Bertz CT molecular complexity index is 666. The normalized spacial score (nSPS) is 12.5. The number of nitrogens with zero attached hydrogens (tertiary/aromatic N) is 1. The van der Waals surface area contributed by atoms with Gasteiger partial charge in [0.15, 0.2) is 0 Å². The summed E-state index contributed by atoms with van der Waals surface area (Å²) in [6, 6.07) is 5.15. The van der Waals surface area contributed by atoms with Crippen LogP contribution >= 0.6 is 23.4 Å². The Morgan fingerprint density at radius 2 is 1.64 bits per heavy atom. The Morgan fingerprint density at radius 1 is 0.955 bits per heavy atom. The number of thioether (sulfide) groups is 1. The van der Waals surface area contributed by atoms with Crippen molar-refractivity contribution >= 4 is 23.4 Å². The topological polar surface area (TPSA) is 12.9 Å². The Morgan fingerprint density at radius 3 is 2.09 bits per heavy atom. The van der Waals surface area contributed by atoms with E-state index in [0.717, 1.165) is 24.4 Å². The molecule has 1 heterocycles. The van der Waals surface area contributed by atoms with Crippen molar-refractivity contribution in [2.24, 2.45) is 0 Å². The van der Waals surface area contributed by atoms with Gasteiger partial charge in [0.2, 0.25) is 0 Å². The number of alkyl halides is 6. The van der Waals surface area contributed by atoms with Crippen molar-refractivity contribution in [2.45, 2.75) is 16.6 Å². The second-order valence-corrected chi connectivity index (χ2v) is 5.66. The van der Waals surface area contributed by atoms with E-state index in [-0.39, 0.29) is 32.9 Å². The quantitative estimate of drug-likeness (QED) is 0.480. The molecule has 2 aromatic rings. The van der Waals surface area contributed by atoms with Crippen molar-refractivity contribution in [2.75, 3.05) is 0 Å². The molecule has 0 N–H and O–H groups in total. The van der Waals surface area contributed by atoms with Gasteiger partial charge in [-0.15, -0.1) is 0 Å². The maximum absolute atomic E-state index is 12.5. The first kappa shape index (κ1) is 17.0. The van der Waals surface area contributed by atoms with Crippen molar-refractivity contribution < 1.29 is 26.3 Å². The standard InChI is InChI=1S/C13H6ClF6NS/c14-10-5-7(12(15,16)17)1-3-9(10)11-4-2-8(6-21-11)22-13(18,19)20/h1-6H. The molecule has 0 atom stereocenters. The minimum Gasteiger partial charge on any atom is -0.255 e. The molecule has 0 aliphatic heterocycles. The van der Waals surface area contributed by atoms with E-state index in [0.29, 0.717) is 0 Å². The van der Waals surface area contributed by atoms with Gasteiger partial charge in [0.1, 0.15) is 0 Å². The molecule has 0 fully saturated rings. The lowest BCUT2D eigenvalue weighted by molar-refractivity contribution is -0.137. The van der Waals surface area contributed by atoms with Crippen LogP contribution in [0.5, 0.6) is 0 Å². The Kier molecular flexibility index (Phi) is 4.62. The van der Waals surface area contributed by atoms with Crippen LogP contribution in [0.25, 0.3) is 11.3 Å². The zero-order valence-electron chi connectivity index (χ0n) is 10.5. The summed E-state index contributed by atoms with van der Waals surface area (Å²) < 4.78 is 74.2. The van der Waals surface area contributed by atoms with Gasteiger partial charge in [-0.2, -0.15) is 26.3 Å². The van der Waals surface area contributed by atoms with Gasteiger partial charge in [-0.1, -0.05) is 17.7 Å². The van der Waals surface area contributed by atoms with Crippen LogP contribution in [0, 0.1) is 0 Å². The molecule has 0 unspecified atom stereocenters. The van der Waals surface area contributed by atoms with Gasteiger partial charge in [-0.25, -0.2) is 0 Å². The molecule has 2 rings (SSSR count). The van der Waals surface area contributed by atoms with Crippen LogP contribution in [-0.4, -0.2) is 10.5 Å². The first-order valence-electron chi connectivity index (χ1n) is 5.65. The summed E-state index contributed by atoms with van der Waals surface area (Å²) >= 11 is 5.46. The van der Waals surface area contributed by atoms with Gasteiger partial charge in [0.05, 0.1) is 16.3 Å². The minimum absolute atomic E-state index is 0.126. The van der Waals surface area contributed by atoms with E-state index < -0.39 is 17.2 Å². The van der Waals surface area contributed by atoms with Crippen molar-refractivity contribution in [3.8, 4) is 11.3 Å². The third-order valence-corrected chi connectivity index (χ3v) is 3.56. The van der Waals surface area contributed by atoms with Gasteiger partial charge in [-0.05, 0) is 36.0 Å². The maximum Gasteiger partial charge on any atom is 0.446 e. The van der Waals surface area contributed by atoms with Gasteiger partial charge >= 0.3 is 11.7 Å². The molecule has 1 nitrogen and oxygen atoms in total. The molecule has 0 spiro atoms. The summed E-state index contributed by atoms with van der Waals surface area (Å²) in [6.45, 7) is 0. The molecule has 0 saturated heterocycles. The van der Waals surface area contributed by atoms with Crippen LogP contribution in [0.3, 0.4) is 0 Å². The highest BCUT2D eigenvalue weighted by Gasteiger charge is 2.31. The third-order valence-electron chi connectivity index (χ3n) is 2.54. The summed E-state index contributed by atoms with van der Waals surface area (Å²) in [5, 5.41) is -0.182. The lowest BCUT2D eigenvalue weighted by Gasteiger charge is -2.10. The highest BCUT2D eigenvalue weighted by Crippen LogP contribution is 2.38. The monoisotopic (exact) mass is 357 g/mol. The number of pyridine rings is 1. The predicted octanol–water partition coefficient (Wildman–Crippen LogP) is 6.03. The fourth-order valence-electron chi connectivity index (χ4n) is 1.63. The molecule has 0 radical (unpaired) electrons. The van der Waals surface area contributed by atoms with Crippen LogP contribution in [0.4, 0.5) is 26.3 Å². The van der Waals surface area contributed by atoms with E-state index in [1.807, 2.05) is 0 Å². The van der Waals surface area contributed by atoms with Crippen LogP contribution in [-0.2, 0) is 6.18 Å². The van der Waals surface area contributed by atoms with Crippen molar-refractivity contribution in [3.05, 3.63) is 47.1 Å².